The predicted molar refractivity (Wildman–Crippen MR) is 123 cm³/mol. The van der Waals surface area contributed by atoms with Crippen molar-refractivity contribution >= 4 is 59.5 Å². The maximum atomic E-state index is 12.7. The molecule has 0 aliphatic carbocycles. The zero-order chi connectivity index (χ0) is 21.1. The fourth-order valence-electron chi connectivity index (χ4n) is 2.86. The van der Waals surface area contributed by atoms with Gasteiger partial charge in [0.2, 0.25) is 10.0 Å². The van der Waals surface area contributed by atoms with E-state index in [4.69, 9.17) is 0 Å². The molecule has 4 rings (SSSR count). The lowest BCUT2D eigenvalue weighted by molar-refractivity contribution is 0.103. The normalized spacial score (nSPS) is 11.5. The lowest BCUT2D eigenvalue weighted by atomic mass is 10.2. The van der Waals surface area contributed by atoms with Crippen molar-refractivity contribution in [3.05, 3.63) is 59.0 Å². The predicted octanol–water partition coefficient (Wildman–Crippen LogP) is 4.82. The highest BCUT2D eigenvalue weighted by Gasteiger charge is 2.15. The molecule has 10 heteroatoms. The van der Waals surface area contributed by atoms with Gasteiger partial charge in [0.1, 0.15) is 0 Å². The number of benzene rings is 1. The van der Waals surface area contributed by atoms with Gasteiger partial charge in [-0.25, -0.2) is 13.4 Å². The molecule has 0 aliphatic rings. The summed E-state index contributed by atoms with van der Waals surface area (Å²) in [5, 5.41) is 6.03. The van der Waals surface area contributed by atoms with Gasteiger partial charge in [0.15, 0.2) is 5.13 Å². The van der Waals surface area contributed by atoms with Crippen molar-refractivity contribution in [1.29, 1.82) is 0 Å². The standard InChI is InChI=1S/C20H18N4O3S3/c1-2-9-30(26,27)24-15-3-4-17-14(10-15)11-18(29-17)19(25)23-20-22-16(12-28-20)13-5-7-21-8-6-13/h3-8,10-12,24H,2,9H2,1H3,(H,22,23,25). The number of carbonyl (C=O) groups excluding carboxylic acids is 1. The Morgan fingerprint density at radius 2 is 1.93 bits per heavy atom. The van der Waals surface area contributed by atoms with Gasteiger partial charge in [-0.3, -0.25) is 19.8 Å². The molecular weight excluding hydrogens is 440 g/mol. The minimum Gasteiger partial charge on any atom is -0.297 e. The van der Waals surface area contributed by atoms with Crippen LogP contribution in [0.2, 0.25) is 0 Å². The third-order valence-electron chi connectivity index (χ3n) is 4.19. The fraction of sp³-hybridized carbons (Fsp3) is 0.150. The second kappa shape index (κ2) is 8.50. The molecule has 30 heavy (non-hydrogen) atoms. The Balaban J connectivity index is 1.50. The number of aromatic nitrogens is 2. The van der Waals surface area contributed by atoms with Crippen molar-refractivity contribution in [3.63, 3.8) is 0 Å². The van der Waals surface area contributed by atoms with Crippen LogP contribution in [-0.2, 0) is 10.0 Å². The highest BCUT2D eigenvalue weighted by Crippen LogP contribution is 2.30. The van der Waals surface area contributed by atoms with Crippen LogP contribution in [0.25, 0.3) is 21.3 Å². The molecule has 0 fully saturated rings. The van der Waals surface area contributed by atoms with Crippen LogP contribution in [0, 0.1) is 0 Å². The van der Waals surface area contributed by atoms with Crippen LogP contribution < -0.4 is 10.0 Å². The number of nitrogens with one attached hydrogen (secondary N) is 2. The number of carbonyl (C=O) groups is 1. The number of thiophene rings is 1. The van der Waals surface area contributed by atoms with Crippen molar-refractivity contribution in [2.75, 3.05) is 15.8 Å². The smallest absolute Gasteiger partial charge is 0.267 e. The Bertz CT molecular complexity index is 1300. The molecule has 1 amide bonds. The highest BCUT2D eigenvalue weighted by molar-refractivity contribution is 7.92. The number of thiazole rings is 1. The van der Waals surface area contributed by atoms with Gasteiger partial charge < -0.3 is 0 Å². The molecule has 0 bridgehead atoms. The Hall–Kier alpha value is -2.82. The number of nitrogens with zero attached hydrogens (tertiary/aromatic N) is 2. The topological polar surface area (TPSA) is 101 Å². The number of amides is 1. The SMILES string of the molecule is CCCS(=O)(=O)Nc1ccc2sc(C(=O)Nc3nc(-c4ccncc4)cs3)cc2c1. The molecule has 0 atom stereocenters. The van der Waals surface area contributed by atoms with E-state index in [2.05, 4.69) is 20.0 Å². The van der Waals surface area contributed by atoms with E-state index in [0.717, 1.165) is 21.3 Å². The quantitative estimate of drug-likeness (QED) is 0.413. The van der Waals surface area contributed by atoms with Crippen molar-refractivity contribution < 1.29 is 13.2 Å². The molecule has 4 aromatic rings. The summed E-state index contributed by atoms with van der Waals surface area (Å²) < 4.78 is 27.4. The Labute approximate surface area is 181 Å². The maximum Gasteiger partial charge on any atom is 0.267 e. The summed E-state index contributed by atoms with van der Waals surface area (Å²) in [6.07, 6.45) is 3.93. The van der Waals surface area contributed by atoms with Gasteiger partial charge in [0.25, 0.3) is 5.91 Å². The van der Waals surface area contributed by atoms with E-state index in [1.807, 2.05) is 30.5 Å². The van der Waals surface area contributed by atoms with Crippen molar-refractivity contribution in [1.82, 2.24) is 9.97 Å². The summed E-state index contributed by atoms with van der Waals surface area (Å²) in [5.41, 5.74) is 2.20. The Kier molecular flexibility index (Phi) is 5.80. The summed E-state index contributed by atoms with van der Waals surface area (Å²) in [6.45, 7) is 1.81. The second-order valence-corrected chi connectivity index (χ2v) is 10.3. The number of fused-ring (bicyclic) bond motifs is 1. The summed E-state index contributed by atoms with van der Waals surface area (Å²) in [4.78, 5) is 21.6. The van der Waals surface area contributed by atoms with Gasteiger partial charge in [0, 0.05) is 33.7 Å². The lowest BCUT2D eigenvalue weighted by Gasteiger charge is -2.06. The zero-order valence-corrected chi connectivity index (χ0v) is 18.4. The van der Waals surface area contributed by atoms with Crippen LogP contribution in [0.5, 0.6) is 0 Å². The van der Waals surface area contributed by atoms with Crippen LogP contribution >= 0.6 is 22.7 Å². The first-order valence-electron chi connectivity index (χ1n) is 9.15. The minimum atomic E-state index is -3.36. The molecule has 0 saturated heterocycles. The van der Waals surface area contributed by atoms with Crippen LogP contribution in [0.4, 0.5) is 10.8 Å². The molecule has 3 heterocycles. The number of rotatable bonds is 7. The lowest BCUT2D eigenvalue weighted by Crippen LogP contribution is -2.15. The van der Waals surface area contributed by atoms with Gasteiger partial charge in [0.05, 0.1) is 16.3 Å². The van der Waals surface area contributed by atoms with E-state index < -0.39 is 10.0 Å². The van der Waals surface area contributed by atoms with E-state index in [1.54, 1.807) is 30.6 Å². The molecule has 7 nitrogen and oxygen atoms in total. The summed E-state index contributed by atoms with van der Waals surface area (Å²) in [7, 11) is -3.36. The molecule has 0 aliphatic heterocycles. The fourth-order valence-corrected chi connectivity index (χ4v) is 5.64. The molecule has 2 N–H and O–H groups in total. The Morgan fingerprint density at radius 1 is 1.13 bits per heavy atom. The van der Waals surface area contributed by atoms with E-state index >= 15 is 0 Å². The van der Waals surface area contributed by atoms with Gasteiger partial charge in [-0.05, 0) is 48.2 Å². The number of hydrogen-bond donors (Lipinski definition) is 2. The molecule has 0 saturated carbocycles. The third-order valence-corrected chi connectivity index (χ3v) is 7.55. The van der Waals surface area contributed by atoms with Gasteiger partial charge in [-0.2, -0.15) is 0 Å². The van der Waals surface area contributed by atoms with Crippen molar-refractivity contribution in [3.8, 4) is 11.3 Å². The van der Waals surface area contributed by atoms with Gasteiger partial charge in [-0.15, -0.1) is 22.7 Å². The van der Waals surface area contributed by atoms with Crippen molar-refractivity contribution in [2.24, 2.45) is 0 Å². The first kappa shape index (κ1) is 20.5. The second-order valence-electron chi connectivity index (χ2n) is 6.51. The van der Waals surface area contributed by atoms with Crippen LogP contribution in [0.3, 0.4) is 0 Å². The summed E-state index contributed by atoms with van der Waals surface area (Å²) in [5.74, 6) is -0.183. The molecule has 154 valence electrons. The van der Waals surface area contributed by atoms with Crippen LogP contribution in [0.1, 0.15) is 23.0 Å². The molecule has 3 aromatic heterocycles. The largest absolute Gasteiger partial charge is 0.297 e. The average molecular weight is 459 g/mol. The molecule has 0 spiro atoms. The van der Waals surface area contributed by atoms with Crippen molar-refractivity contribution in [2.45, 2.75) is 13.3 Å². The first-order valence-corrected chi connectivity index (χ1v) is 12.5. The molecule has 1 aromatic carbocycles. The first-order chi connectivity index (χ1) is 14.4. The minimum absolute atomic E-state index is 0.0671. The maximum absolute atomic E-state index is 12.7. The summed E-state index contributed by atoms with van der Waals surface area (Å²) in [6, 6.07) is 10.7. The zero-order valence-electron chi connectivity index (χ0n) is 16.0. The molecule has 0 radical (unpaired) electrons. The number of pyridine rings is 1. The van der Waals surface area contributed by atoms with Gasteiger partial charge in [-0.1, -0.05) is 6.92 Å². The highest BCUT2D eigenvalue weighted by atomic mass is 32.2. The van der Waals surface area contributed by atoms with Crippen LogP contribution in [0.15, 0.2) is 54.2 Å². The van der Waals surface area contributed by atoms with E-state index in [1.165, 1.54) is 22.7 Å². The van der Waals surface area contributed by atoms with E-state index in [9.17, 15) is 13.2 Å². The van der Waals surface area contributed by atoms with E-state index in [0.29, 0.717) is 22.1 Å². The van der Waals surface area contributed by atoms with Crippen LogP contribution in [-0.4, -0.2) is 30.0 Å². The molecular formula is C20H18N4O3S3. The van der Waals surface area contributed by atoms with Gasteiger partial charge >= 0.3 is 0 Å². The number of anilines is 2. The average Bonchev–Trinajstić information content (AvgIpc) is 3.35. The number of sulfonamides is 1. The Morgan fingerprint density at radius 3 is 2.70 bits per heavy atom. The summed E-state index contributed by atoms with van der Waals surface area (Å²) >= 11 is 2.70. The monoisotopic (exact) mass is 458 g/mol. The molecule has 0 unspecified atom stereocenters. The van der Waals surface area contributed by atoms with E-state index in [-0.39, 0.29) is 11.7 Å². The third kappa shape index (κ3) is 4.66. The number of hydrogen-bond acceptors (Lipinski definition) is 7.